The predicted octanol–water partition coefficient (Wildman–Crippen LogP) is 1.25. The quantitative estimate of drug-likeness (QED) is 0.854. The fraction of sp³-hybridized carbons (Fsp3) is 0.643. The third kappa shape index (κ3) is 2.22. The third-order valence-electron chi connectivity index (χ3n) is 4.19. The second kappa shape index (κ2) is 5.24. The van der Waals surface area contributed by atoms with Crippen molar-refractivity contribution in [3.8, 4) is 0 Å². The van der Waals surface area contributed by atoms with Gasteiger partial charge in [0, 0.05) is 49.3 Å². The van der Waals surface area contributed by atoms with Crippen molar-refractivity contribution in [2.45, 2.75) is 31.9 Å². The van der Waals surface area contributed by atoms with Crippen LogP contribution in [-0.4, -0.2) is 47.2 Å². The topological polar surface area (TPSA) is 39.6 Å². The maximum Gasteiger partial charge on any atom is 0.0717 e. The van der Waals surface area contributed by atoms with E-state index in [9.17, 15) is 5.11 Å². The Morgan fingerprint density at radius 1 is 1.28 bits per heavy atom. The van der Waals surface area contributed by atoms with Gasteiger partial charge in [-0.2, -0.15) is 0 Å². The lowest BCUT2D eigenvalue weighted by Gasteiger charge is -2.28. The first-order chi connectivity index (χ1) is 8.88. The molecule has 2 saturated heterocycles. The summed E-state index contributed by atoms with van der Waals surface area (Å²) < 4.78 is 0. The minimum absolute atomic E-state index is 0.0774. The minimum Gasteiger partial charge on any atom is -0.392 e. The van der Waals surface area contributed by atoms with Gasteiger partial charge in [-0.15, -0.1) is 0 Å². The van der Waals surface area contributed by atoms with E-state index in [2.05, 4.69) is 14.8 Å². The Kier molecular flexibility index (Phi) is 3.48. The molecule has 1 aromatic rings. The summed E-state index contributed by atoms with van der Waals surface area (Å²) in [6, 6.07) is 2.74. The van der Waals surface area contributed by atoms with Gasteiger partial charge in [-0.25, -0.2) is 0 Å². The van der Waals surface area contributed by atoms with Crippen LogP contribution in [0.15, 0.2) is 18.5 Å². The number of fused-ring (bicyclic) bond motifs is 1. The molecule has 2 fully saturated rings. The SMILES string of the molecule is OCc1cnccc1N1CCCN2CCCC2C1. The van der Waals surface area contributed by atoms with Gasteiger partial charge in [0.2, 0.25) is 0 Å². The Bertz CT molecular complexity index is 410. The molecule has 1 N–H and O–H groups in total. The van der Waals surface area contributed by atoms with E-state index in [4.69, 9.17) is 0 Å². The van der Waals surface area contributed by atoms with Gasteiger partial charge >= 0.3 is 0 Å². The Morgan fingerprint density at radius 3 is 3.06 bits per heavy atom. The van der Waals surface area contributed by atoms with Crippen LogP contribution in [0.4, 0.5) is 5.69 Å². The Labute approximate surface area is 108 Å². The third-order valence-corrected chi connectivity index (χ3v) is 4.19. The number of aliphatic hydroxyl groups is 1. The van der Waals surface area contributed by atoms with Crippen LogP contribution in [0.3, 0.4) is 0 Å². The highest BCUT2D eigenvalue weighted by Crippen LogP contribution is 2.26. The molecule has 2 aliphatic heterocycles. The number of hydrogen-bond acceptors (Lipinski definition) is 4. The van der Waals surface area contributed by atoms with Crippen molar-refractivity contribution in [2.75, 3.05) is 31.1 Å². The highest BCUT2D eigenvalue weighted by atomic mass is 16.3. The zero-order valence-electron chi connectivity index (χ0n) is 10.8. The summed E-state index contributed by atoms with van der Waals surface area (Å²) in [5.74, 6) is 0. The molecule has 1 unspecified atom stereocenters. The number of anilines is 1. The highest BCUT2D eigenvalue weighted by Gasteiger charge is 2.29. The largest absolute Gasteiger partial charge is 0.392 e. The molecule has 0 radical (unpaired) electrons. The van der Waals surface area contributed by atoms with Crippen LogP contribution < -0.4 is 4.90 Å². The molecule has 0 amide bonds. The van der Waals surface area contributed by atoms with Crippen molar-refractivity contribution in [1.82, 2.24) is 9.88 Å². The summed E-state index contributed by atoms with van der Waals surface area (Å²) in [4.78, 5) is 9.16. The van der Waals surface area contributed by atoms with E-state index < -0.39 is 0 Å². The Balaban J connectivity index is 1.82. The Morgan fingerprint density at radius 2 is 2.17 bits per heavy atom. The first-order valence-electron chi connectivity index (χ1n) is 6.91. The fourth-order valence-corrected chi connectivity index (χ4v) is 3.28. The lowest BCUT2D eigenvalue weighted by molar-refractivity contribution is 0.272. The second-order valence-electron chi connectivity index (χ2n) is 5.29. The van der Waals surface area contributed by atoms with Gasteiger partial charge in [-0.1, -0.05) is 0 Å². The van der Waals surface area contributed by atoms with Gasteiger partial charge in [-0.3, -0.25) is 9.88 Å². The smallest absolute Gasteiger partial charge is 0.0717 e. The minimum atomic E-state index is 0.0774. The number of pyridine rings is 1. The van der Waals surface area contributed by atoms with E-state index in [0.717, 1.165) is 18.7 Å². The summed E-state index contributed by atoms with van der Waals surface area (Å²) in [6.07, 6.45) is 7.47. The normalized spacial score (nSPS) is 24.9. The molecule has 18 heavy (non-hydrogen) atoms. The number of aliphatic hydroxyl groups excluding tert-OH is 1. The summed E-state index contributed by atoms with van der Waals surface area (Å²) in [5, 5.41) is 9.43. The molecule has 0 aromatic carbocycles. The van der Waals surface area contributed by atoms with E-state index in [1.165, 1.54) is 38.0 Å². The lowest BCUT2D eigenvalue weighted by Crippen LogP contribution is -2.37. The van der Waals surface area contributed by atoms with Gasteiger partial charge in [0.25, 0.3) is 0 Å². The second-order valence-corrected chi connectivity index (χ2v) is 5.29. The molecule has 3 heterocycles. The molecular weight excluding hydrogens is 226 g/mol. The fourth-order valence-electron chi connectivity index (χ4n) is 3.28. The molecule has 4 nitrogen and oxygen atoms in total. The molecular formula is C14H21N3O. The Hall–Kier alpha value is -1.13. The predicted molar refractivity (Wildman–Crippen MR) is 71.6 cm³/mol. The van der Waals surface area contributed by atoms with Crippen LogP contribution in [0.25, 0.3) is 0 Å². The van der Waals surface area contributed by atoms with Crippen molar-refractivity contribution in [3.05, 3.63) is 24.0 Å². The van der Waals surface area contributed by atoms with Crippen LogP contribution in [0.5, 0.6) is 0 Å². The van der Waals surface area contributed by atoms with E-state index >= 15 is 0 Å². The molecule has 98 valence electrons. The van der Waals surface area contributed by atoms with Crippen LogP contribution in [-0.2, 0) is 6.61 Å². The summed E-state index contributed by atoms with van der Waals surface area (Å²) in [5.41, 5.74) is 2.12. The van der Waals surface area contributed by atoms with Gasteiger partial charge < -0.3 is 10.0 Å². The molecule has 0 aliphatic carbocycles. The zero-order chi connectivity index (χ0) is 12.4. The van der Waals surface area contributed by atoms with Crippen LogP contribution >= 0.6 is 0 Å². The lowest BCUT2D eigenvalue weighted by atomic mass is 10.1. The van der Waals surface area contributed by atoms with Crippen molar-refractivity contribution >= 4 is 5.69 Å². The maximum atomic E-state index is 9.43. The maximum absolute atomic E-state index is 9.43. The van der Waals surface area contributed by atoms with E-state index in [1.54, 1.807) is 6.20 Å². The zero-order valence-corrected chi connectivity index (χ0v) is 10.8. The van der Waals surface area contributed by atoms with Gasteiger partial charge in [0.05, 0.1) is 6.61 Å². The van der Waals surface area contributed by atoms with Crippen LogP contribution in [0.1, 0.15) is 24.8 Å². The standard InChI is InChI=1S/C14H21N3O/c18-11-12-9-15-5-4-14(12)17-8-2-7-16-6-1-3-13(16)10-17/h4-5,9,13,18H,1-3,6-8,10-11H2. The molecule has 2 aliphatic rings. The number of aromatic nitrogens is 1. The van der Waals surface area contributed by atoms with Gasteiger partial charge in [0.1, 0.15) is 0 Å². The molecule has 1 aromatic heterocycles. The molecule has 0 spiro atoms. The number of nitrogens with zero attached hydrogens (tertiary/aromatic N) is 3. The highest BCUT2D eigenvalue weighted by molar-refractivity contribution is 5.52. The van der Waals surface area contributed by atoms with Crippen LogP contribution in [0.2, 0.25) is 0 Å². The molecule has 4 heteroatoms. The van der Waals surface area contributed by atoms with Gasteiger partial charge in [-0.05, 0) is 31.9 Å². The monoisotopic (exact) mass is 247 g/mol. The van der Waals surface area contributed by atoms with Crippen LogP contribution in [0, 0.1) is 0 Å². The van der Waals surface area contributed by atoms with E-state index in [-0.39, 0.29) is 6.61 Å². The van der Waals surface area contributed by atoms with Crippen molar-refractivity contribution < 1.29 is 5.11 Å². The summed E-state index contributed by atoms with van der Waals surface area (Å²) in [6.45, 7) is 4.75. The molecule has 1 atom stereocenters. The van der Waals surface area contributed by atoms with Crippen molar-refractivity contribution in [1.29, 1.82) is 0 Å². The molecule has 3 rings (SSSR count). The number of rotatable bonds is 2. The molecule has 0 saturated carbocycles. The number of hydrogen-bond donors (Lipinski definition) is 1. The first-order valence-corrected chi connectivity index (χ1v) is 6.91. The van der Waals surface area contributed by atoms with Crippen molar-refractivity contribution in [3.63, 3.8) is 0 Å². The summed E-state index contributed by atoms with van der Waals surface area (Å²) in [7, 11) is 0. The van der Waals surface area contributed by atoms with E-state index in [0.29, 0.717) is 6.04 Å². The molecule has 0 bridgehead atoms. The summed E-state index contributed by atoms with van der Waals surface area (Å²) >= 11 is 0. The average molecular weight is 247 g/mol. The van der Waals surface area contributed by atoms with Crippen molar-refractivity contribution in [2.24, 2.45) is 0 Å². The average Bonchev–Trinajstić information content (AvgIpc) is 2.76. The van der Waals surface area contributed by atoms with E-state index in [1.807, 2.05) is 12.3 Å². The van der Waals surface area contributed by atoms with Gasteiger partial charge in [0.15, 0.2) is 0 Å². The first kappa shape index (κ1) is 11.9.